The van der Waals surface area contributed by atoms with E-state index in [4.69, 9.17) is 0 Å². The molecule has 0 aromatic carbocycles. The number of carbonyl (C=O) groups is 1. The highest BCUT2D eigenvalue weighted by Gasteiger charge is 2.42. The molecule has 2 heterocycles. The van der Waals surface area contributed by atoms with Gasteiger partial charge in [0.1, 0.15) is 0 Å². The molecule has 92 valence electrons. The molecule has 3 unspecified atom stereocenters. The zero-order valence-electron chi connectivity index (χ0n) is 10.7. The van der Waals surface area contributed by atoms with E-state index in [1.807, 2.05) is 0 Å². The third-order valence-electron chi connectivity index (χ3n) is 4.34. The first-order valence-electron chi connectivity index (χ1n) is 6.55. The molecule has 1 amide bonds. The highest BCUT2D eigenvalue weighted by molar-refractivity contribution is 5.80. The third-order valence-corrected chi connectivity index (χ3v) is 4.34. The summed E-state index contributed by atoms with van der Waals surface area (Å²) in [5, 5.41) is 6.63. The summed E-state index contributed by atoms with van der Waals surface area (Å²) in [6, 6.07) is 1.06. The van der Waals surface area contributed by atoms with E-state index in [9.17, 15) is 4.79 Å². The number of nitrogens with one attached hydrogen (secondary N) is 2. The molecule has 2 aliphatic rings. The van der Waals surface area contributed by atoms with E-state index in [1.165, 1.54) is 12.8 Å². The van der Waals surface area contributed by atoms with E-state index >= 15 is 0 Å². The van der Waals surface area contributed by atoms with Gasteiger partial charge in [-0.1, -0.05) is 20.8 Å². The molecule has 3 atom stereocenters. The first-order valence-corrected chi connectivity index (χ1v) is 6.55. The van der Waals surface area contributed by atoms with Gasteiger partial charge >= 0.3 is 0 Å². The Morgan fingerprint density at radius 3 is 2.69 bits per heavy atom. The maximum atomic E-state index is 12.0. The highest BCUT2D eigenvalue weighted by atomic mass is 16.1. The monoisotopic (exact) mass is 224 g/mol. The normalized spacial score (nSPS) is 33.1. The minimum Gasteiger partial charge on any atom is -0.355 e. The van der Waals surface area contributed by atoms with Crippen LogP contribution in [0, 0.1) is 11.3 Å². The van der Waals surface area contributed by atoms with Gasteiger partial charge in [0.05, 0.1) is 5.92 Å². The molecular formula is C13H24N2O. The second-order valence-electron chi connectivity index (χ2n) is 6.13. The van der Waals surface area contributed by atoms with Gasteiger partial charge in [-0.15, -0.1) is 0 Å². The van der Waals surface area contributed by atoms with Crippen molar-refractivity contribution < 1.29 is 4.79 Å². The van der Waals surface area contributed by atoms with Crippen LogP contribution in [-0.2, 0) is 4.79 Å². The summed E-state index contributed by atoms with van der Waals surface area (Å²) in [5.41, 5.74) is 0.223. The number of hydrogen-bond donors (Lipinski definition) is 2. The lowest BCUT2D eigenvalue weighted by molar-refractivity contribution is -0.126. The first-order chi connectivity index (χ1) is 7.52. The Hall–Kier alpha value is -0.570. The number of hydrogen-bond acceptors (Lipinski definition) is 2. The lowest BCUT2D eigenvalue weighted by Crippen LogP contribution is -2.41. The predicted octanol–water partition coefficient (Wildman–Crippen LogP) is 1.68. The summed E-state index contributed by atoms with van der Waals surface area (Å²) in [6.45, 7) is 7.38. The zero-order chi connectivity index (χ0) is 11.8. The molecule has 0 saturated carbocycles. The topological polar surface area (TPSA) is 41.1 Å². The van der Waals surface area contributed by atoms with E-state index in [1.54, 1.807) is 0 Å². The van der Waals surface area contributed by atoms with Crippen LogP contribution in [0.5, 0.6) is 0 Å². The predicted molar refractivity (Wildman–Crippen MR) is 65.1 cm³/mol. The van der Waals surface area contributed by atoms with Crippen molar-refractivity contribution in [1.82, 2.24) is 10.6 Å². The van der Waals surface area contributed by atoms with Crippen LogP contribution in [0.2, 0.25) is 0 Å². The fourth-order valence-electron chi connectivity index (χ4n) is 2.70. The van der Waals surface area contributed by atoms with Crippen LogP contribution in [0.15, 0.2) is 0 Å². The van der Waals surface area contributed by atoms with Crippen LogP contribution in [0.4, 0.5) is 0 Å². The summed E-state index contributed by atoms with van der Waals surface area (Å²) in [5.74, 6) is 0.493. The Labute approximate surface area is 98.4 Å². The third kappa shape index (κ3) is 2.40. The maximum Gasteiger partial charge on any atom is 0.224 e. The van der Waals surface area contributed by atoms with Crippen molar-refractivity contribution in [2.75, 3.05) is 6.54 Å². The van der Waals surface area contributed by atoms with Crippen molar-refractivity contribution in [3.63, 3.8) is 0 Å². The van der Waals surface area contributed by atoms with Gasteiger partial charge in [-0.3, -0.25) is 4.79 Å². The van der Waals surface area contributed by atoms with Crippen molar-refractivity contribution in [2.24, 2.45) is 11.3 Å². The molecule has 2 bridgehead atoms. The number of fused-ring (bicyclic) bond motifs is 2. The molecule has 0 spiro atoms. The summed E-state index contributed by atoms with van der Waals surface area (Å²) in [4.78, 5) is 12.0. The van der Waals surface area contributed by atoms with Crippen LogP contribution in [0.1, 0.15) is 46.5 Å². The molecule has 2 N–H and O–H groups in total. The quantitative estimate of drug-likeness (QED) is 0.763. The SMILES string of the molecule is CCC(C)(C)CNC(=O)C1CC2CCC1N2. The van der Waals surface area contributed by atoms with E-state index in [2.05, 4.69) is 31.4 Å². The molecule has 2 rings (SSSR count). The molecule has 2 saturated heterocycles. The van der Waals surface area contributed by atoms with Crippen LogP contribution in [-0.4, -0.2) is 24.5 Å². The Morgan fingerprint density at radius 1 is 1.44 bits per heavy atom. The minimum atomic E-state index is 0.223. The largest absolute Gasteiger partial charge is 0.355 e. The Balaban J connectivity index is 1.81. The number of amides is 1. The molecule has 0 radical (unpaired) electrons. The van der Waals surface area contributed by atoms with Crippen LogP contribution in [0.25, 0.3) is 0 Å². The van der Waals surface area contributed by atoms with Crippen LogP contribution >= 0.6 is 0 Å². The molecule has 0 aromatic heterocycles. The summed E-state index contributed by atoms with van der Waals surface area (Å²) < 4.78 is 0. The van der Waals surface area contributed by atoms with Crippen molar-refractivity contribution in [2.45, 2.75) is 58.5 Å². The molecule has 3 nitrogen and oxygen atoms in total. The fraction of sp³-hybridized carbons (Fsp3) is 0.923. The van der Waals surface area contributed by atoms with E-state index in [0.29, 0.717) is 12.1 Å². The van der Waals surface area contributed by atoms with Gasteiger partial charge in [0.15, 0.2) is 0 Å². The van der Waals surface area contributed by atoms with Crippen LogP contribution in [0.3, 0.4) is 0 Å². The molecule has 2 aliphatic heterocycles. The van der Waals surface area contributed by atoms with Crippen molar-refractivity contribution in [3.8, 4) is 0 Å². The van der Waals surface area contributed by atoms with Crippen LogP contribution < -0.4 is 10.6 Å². The highest BCUT2D eigenvalue weighted by Crippen LogP contribution is 2.33. The summed E-state index contributed by atoms with van der Waals surface area (Å²) >= 11 is 0. The maximum absolute atomic E-state index is 12.0. The lowest BCUT2D eigenvalue weighted by atomic mass is 9.87. The summed E-state index contributed by atoms with van der Waals surface area (Å²) in [7, 11) is 0. The van der Waals surface area contributed by atoms with Gasteiger partial charge in [-0.2, -0.15) is 0 Å². The van der Waals surface area contributed by atoms with Crippen molar-refractivity contribution in [3.05, 3.63) is 0 Å². The molecule has 0 aliphatic carbocycles. The van der Waals surface area contributed by atoms with Gasteiger partial charge in [0.25, 0.3) is 0 Å². The second kappa shape index (κ2) is 4.36. The Morgan fingerprint density at radius 2 is 2.19 bits per heavy atom. The zero-order valence-corrected chi connectivity index (χ0v) is 10.7. The summed E-state index contributed by atoms with van der Waals surface area (Å²) in [6.07, 6.45) is 4.58. The molecule has 16 heavy (non-hydrogen) atoms. The Bertz CT molecular complexity index is 275. The van der Waals surface area contributed by atoms with E-state index < -0.39 is 0 Å². The number of carbonyl (C=O) groups excluding carboxylic acids is 1. The molecule has 0 aromatic rings. The molecule has 2 fully saturated rings. The van der Waals surface area contributed by atoms with Gasteiger partial charge in [0, 0.05) is 18.6 Å². The van der Waals surface area contributed by atoms with Gasteiger partial charge in [0.2, 0.25) is 5.91 Å². The fourth-order valence-corrected chi connectivity index (χ4v) is 2.70. The second-order valence-corrected chi connectivity index (χ2v) is 6.13. The average Bonchev–Trinajstić information content (AvgIpc) is 2.87. The molecular weight excluding hydrogens is 200 g/mol. The van der Waals surface area contributed by atoms with E-state index in [-0.39, 0.29) is 17.2 Å². The smallest absolute Gasteiger partial charge is 0.224 e. The minimum absolute atomic E-state index is 0.223. The standard InChI is InChI=1S/C13H24N2O/c1-4-13(2,3)8-14-12(16)10-7-9-5-6-11(10)15-9/h9-11,15H,4-8H2,1-3H3,(H,14,16). The van der Waals surface area contributed by atoms with Crippen molar-refractivity contribution in [1.29, 1.82) is 0 Å². The Kier molecular flexibility index (Phi) is 3.24. The van der Waals surface area contributed by atoms with Gasteiger partial charge < -0.3 is 10.6 Å². The van der Waals surface area contributed by atoms with Crippen molar-refractivity contribution >= 4 is 5.91 Å². The van der Waals surface area contributed by atoms with Gasteiger partial charge in [-0.05, 0) is 31.1 Å². The van der Waals surface area contributed by atoms with E-state index in [0.717, 1.165) is 19.4 Å². The van der Waals surface area contributed by atoms with Gasteiger partial charge in [-0.25, -0.2) is 0 Å². The lowest BCUT2D eigenvalue weighted by Gasteiger charge is -2.25. The molecule has 3 heteroatoms. The first kappa shape index (κ1) is 11.9. The number of rotatable bonds is 4. The average molecular weight is 224 g/mol.